The van der Waals surface area contributed by atoms with E-state index in [0.29, 0.717) is 17.4 Å². The first-order valence-electron chi connectivity index (χ1n) is 5.73. The third-order valence-electron chi connectivity index (χ3n) is 2.41. The first-order chi connectivity index (χ1) is 9.11. The van der Waals surface area contributed by atoms with Crippen LogP contribution in [-0.2, 0) is 0 Å². The Bertz CT molecular complexity index is 598. The predicted octanol–water partition coefficient (Wildman–Crippen LogP) is 3.47. The lowest BCUT2D eigenvalue weighted by Crippen LogP contribution is -2.01. The number of hydrogen-bond acceptors (Lipinski definition) is 6. The molecule has 0 saturated heterocycles. The highest BCUT2D eigenvalue weighted by molar-refractivity contribution is 7.99. The quantitative estimate of drug-likeness (QED) is 0.666. The van der Waals surface area contributed by atoms with Crippen molar-refractivity contribution in [3.63, 3.8) is 0 Å². The molecule has 0 aromatic carbocycles. The molecule has 100 valence electrons. The number of anilines is 1. The molecule has 0 saturated carbocycles. The number of aryl methyl sites for hydroxylation is 1. The van der Waals surface area contributed by atoms with E-state index in [1.54, 1.807) is 18.4 Å². The van der Waals surface area contributed by atoms with E-state index in [9.17, 15) is 10.1 Å². The number of nitrogens with zero attached hydrogens (tertiary/aromatic N) is 2. The third-order valence-corrected chi connectivity index (χ3v) is 3.55. The highest BCUT2D eigenvalue weighted by Crippen LogP contribution is 2.36. The molecule has 6 nitrogen and oxygen atoms in total. The summed E-state index contributed by atoms with van der Waals surface area (Å²) in [6, 6.07) is 4.84. The van der Waals surface area contributed by atoms with E-state index in [1.807, 2.05) is 13.8 Å². The minimum Gasteiger partial charge on any atom is -0.468 e. The van der Waals surface area contributed by atoms with Crippen molar-refractivity contribution in [2.75, 3.05) is 11.9 Å². The van der Waals surface area contributed by atoms with Crippen molar-refractivity contribution in [3.05, 3.63) is 40.3 Å². The second-order valence-corrected chi connectivity index (χ2v) is 4.78. The molecule has 0 bridgehead atoms. The molecular formula is C12H13N3O3S. The van der Waals surface area contributed by atoms with Crippen LogP contribution in [0.15, 0.2) is 38.8 Å². The summed E-state index contributed by atoms with van der Waals surface area (Å²) in [5.74, 6) is 1.34. The SMILES string of the molecule is CCNc1ccc([N+](=O)[O-])c(Sc2ccoc2C)n1. The molecule has 0 radical (unpaired) electrons. The Morgan fingerprint density at radius 3 is 2.84 bits per heavy atom. The molecule has 0 amide bonds. The van der Waals surface area contributed by atoms with Crippen molar-refractivity contribution in [1.82, 2.24) is 4.98 Å². The fourth-order valence-corrected chi connectivity index (χ4v) is 2.42. The molecule has 19 heavy (non-hydrogen) atoms. The first-order valence-corrected chi connectivity index (χ1v) is 6.54. The lowest BCUT2D eigenvalue weighted by atomic mass is 10.4. The van der Waals surface area contributed by atoms with Crippen molar-refractivity contribution in [3.8, 4) is 0 Å². The van der Waals surface area contributed by atoms with E-state index in [2.05, 4.69) is 10.3 Å². The standard InChI is InChI=1S/C12H13N3O3S/c1-3-13-11-5-4-9(15(16)17)12(14-11)19-10-6-7-18-8(10)2/h4-7H,3H2,1-2H3,(H,13,14). The Balaban J connectivity index is 2.37. The van der Waals surface area contributed by atoms with Gasteiger partial charge in [-0.25, -0.2) is 4.98 Å². The Labute approximate surface area is 114 Å². The lowest BCUT2D eigenvalue weighted by Gasteiger charge is -2.05. The van der Waals surface area contributed by atoms with Crippen molar-refractivity contribution < 1.29 is 9.34 Å². The summed E-state index contributed by atoms with van der Waals surface area (Å²) in [6.07, 6.45) is 1.55. The van der Waals surface area contributed by atoms with Crippen molar-refractivity contribution in [2.24, 2.45) is 0 Å². The van der Waals surface area contributed by atoms with Gasteiger partial charge in [-0.3, -0.25) is 10.1 Å². The maximum absolute atomic E-state index is 11.0. The Kier molecular flexibility index (Phi) is 4.06. The van der Waals surface area contributed by atoms with Gasteiger partial charge in [-0.2, -0.15) is 0 Å². The van der Waals surface area contributed by atoms with E-state index in [4.69, 9.17) is 4.42 Å². The molecule has 1 N–H and O–H groups in total. The number of aromatic nitrogens is 1. The molecule has 0 fully saturated rings. The summed E-state index contributed by atoms with van der Waals surface area (Å²) in [5.41, 5.74) is -0.00717. The van der Waals surface area contributed by atoms with Gasteiger partial charge in [-0.1, -0.05) is 11.8 Å². The number of hydrogen-bond donors (Lipinski definition) is 1. The summed E-state index contributed by atoms with van der Waals surface area (Å²) >= 11 is 1.23. The predicted molar refractivity (Wildman–Crippen MR) is 72.6 cm³/mol. The van der Waals surface area contributed by atoms with E-state index >= 15 is 0 Å². The zero-order chi connectivity index (χ0) is 13.8. The van der Waals surface area contributed by atoms with E-state index < -0.39 is 4.92 Å². The average molecular weight is 279 g/mol. The maximum atomic E-state index is 11.0. The molecule has 0 spiro atoms. The molecule has 2 aromatic rings. The summed E-state index contributed by atoms with van der Waals surface area (Å²) < 4.78 is 5.18. The van der Waals surface area contributed by atoms with Crippen LogP contribution in [0.2, 0.25) is 0 Å². The van der Waals surface area contributed by atoms with Crippen LogP contribution in [-0.4, -0.2) is 16.5 Å². The van der Waals surface area contributed by atoms with Crippen molar-refractivity contribution >= 4 is 23.3 Å². The molecule has 0 aliphatic rings. The monoisotopic (exact) mass is 279 g/mol. The van der Waals surface area contributed by atoms with Crippen LogP contribution in [0.5, 0.6) is 0 Å². The van der Waals surface area contributed by atoms with Gasteiger partial charge in [0.1, 0.15) is 11.6 Å². The number of furan rings is 1. The molecule has 2 heterocycles. The third kappa shape index (κ3) is 3.05. The van der Waals surface area contributed by atoms with Crippen LogP contribution >= 0.6 is 11.8 Å². The zero-order valence-electron chi connectivity index (χ0n) is 10.5. The fourth-order valence-electron chi connectivity index (χ4n) is 1.51. The summed E-state index contributed by atoms with van der Waals surface area (Å²) in [4.78, 5) is 15.7. The molecule has 2 rings (SSSR count). The van der Waals surface area contributed by atoms with Gasteiger partial charge in [-0.15, -0.1) is 0 Å². The van der Waals surface area contributed by atoms with E-state index in [-0.39, 0.29) is 5.69 Å². The molecule has 0 unspecified atom stereocenters. The van der Waals surface area contributed by atoms with Gasteiger partial charge in [0.15, 0.2) is 5.03 Å². The van der Waals surface area contributed by atoms with Gasteiger partial charge < -0.3 is 9.73 Å². The zero-order valence-corrected chi connectivity index (χ0v) is 11.4. The van der Waals surface area contributed by atoms with Gasteiger partial charge in [0.25, 0.3) is 0 Å². The molecular weight excluding hydrogens is 266 g/mol. The van der Waals surface area contributed by atoms with E-state index in [1.165, 1.54) is 17.8 Å². The normalized spacial score (nSPS) is 10.4. The molecule has 2 aromatic heterocycles. The minimum atomic E-state index is -0.430. The summed E-state index contributed by atoms with van der Waals surface area (Å²) in [7, 11) is 0. The lowest BCUT2D eigenvalue weighted by molar-refractivity contribution is -0.388. The molecule has 0 atom stereocenters. The summed E-state index contributed by atoms with van der Waals surface area (Å²) in [5, 5.41) is 14.4. The largest absolute Gasteiger partial charge is 0.468 e. The van der Waals surface area contributed by atoms with Crippen LogP contribution in [0.4, 0.5) is 11.5 Å². The second kappa shape index (κ2) is 5.75. The van der Waals surface area contributed by atoms with Crippen LogP contribution in [0.25, 0.3) is 0 Å². The molecule has 7 heteroatoms. The Morgan fingerprint density at radius 2 is 2.26 bits per heavy atom. The number of rotatable bonds is 5. The van der Waals surface area contributed by atoms with Gasteiger partial charge >= 0.3 is 5.69 Å². The van der Waals surface area contributed by atoms with Crippen LogP contribution < -0.4 is 5.32 Å². The number of nitro groups is 1. The Morgan fingerprint density at radius 1 is 1.47 bits per heavy atom. The van der Waals surface area contributed by atoms with E-state index in [0.717, 1.165) is 10.7 Å². The van der Waals surface area contributed by atoms with Gasteiger partial charge in [-0.05, 0) is 26.0 Å². The molecule has 0 aliphatic carbocycles. The fraction of sp³-hybridized carbons (Fsp3) is 0.250. The van der Waals surface area contributed by atoms with Crippen molar-refractivity contribution in [1.29, 1.82) is 0 Å². The summed E-state index contributed by atoms with van der Waals surface area (Å²) in [6.45, 7) is 4.46. The average Bonchev–Trinajstić information content (AvgIpc) is 2.75. The van der Waals surface area contributed by atoms with Crippen LogP contribution in [0, 0.1) is 17.0 Å². The van der Waals surface area contributed by atoms with Gasteiger partial charge in [0.05, 0.1) is 16.1 Å². The Hall–Kier alpha value is -2.02. The van der Waals surface area contributed by atoms with Crippen LogP contribution in [0.3, 0.4) is 0 Å². The number of nitrogens with one attached hydrogen (secondary N) is 1. The van der Waals surface area contributed by atoms with Gasteiger partial charge in [0.2, 0.25) is 0 Å². The maximum Gasteiger partial charge on any atom is 0.301 e. The molecule has 0 aliphatic heterocycles. The van der Waals surface area contributed by atoms with Crippen LogP contribution in [0.1, 0.15) is 12.7 Å². The second-order valence-electron chi connectivity index (χ2n) is 3.75. The smallest absolute Gasteiger partial charge is 0.301 e. The topological polar surface area (TPSA) is 81.2 Å². The first kappa shape index (κ1) is 13.4. The highest BCUT2D eigenvalue weighted by Gasteiger charge is 2.18. The van der Waals surface area contributed by atoms with Gasteiger partial charge in [0, 0.05) is 12.6 Å². The van der Waals surface area contributed by atoms with Crippen molar-refractivity contribution in [2.45, 2.75) is 23.8 Å². The number of pyridine rings is 1. The minimum absolute atomic E-state index is 0.00717. The highest BCUT2D eigenvalue weighted by atomic mass is 32.2.